The van der Waals surface area contributed by atoms with Crippen LogP contribution in [0.3, 0.4) is 0 Å². The van der Waals surface area contributed by atoms with Crippen molar-refractivity contribution in [3.8, 4) is 17.1 Å². The Morgan fingerprint density at radius 2 is 1.56 bits per heavy atom. The summed E-state index contributed by atoms with van der Waals surface area (Å²) < 4.78 is 55.3. The maximum Gasteiger partial charge on any atom is 0.573 e. The van der Waals surface area contributed by atoms with Gasteiger partial charge >= 0.3 is 6.36 Å². The lowest BCUT2D eigenvalue weighted by Gasteiger charge is -2.11. The van der Waals surface area contributed by atoms with E-state index in [1.54, 1.807) is 24.3 Å². The molecular weight excluding hydrogens is 523 g/mol. The molecule has 0 saturated carbocycles. The van der Waals surface area contributed by atoms with Crippen molar-refractivity contribution >= 4 is 47.0 Å². The third-order valence-electron chi connectivity index (χ3n) is 4.44. The summed E-state index contributed by atoms with van der Waals surface area (Å²) in [5.41, 5.74) is 3.62. The molecule has 184 valence electrons. The number of anilines is 3. The summed E-state index contributed by atoms with van der Waals surface area (Å²) in [5, 5.41) is 7.61. The van der Waals surface area contributed by atoms with E-state index < -0.39 is 17.9 Å². The first kappa shape index (κ1) is 25.1. The standard InChI is InChI=1S/C23H14Cl2F4N6O/c24-14-6-8-15(9-7-14)31-21-32-20(13-4-10-16(11-5-13)36-23(27,28)29)33-22(34-21)35-30-12-17-18(25)2-1-3-19(17)26/h1-12H,(H2,31,32,33,34,35). The van der Waals surface area contributed by atoms with Gasteiger partial charge in [-0.1, -0.05) is 29.3 Å². The third-order valence-corrected chi connectivity index (χ3v) is 5.02. The van der Waals surface area contributed by atoms with Gasteiger partial charge in [0.1, 0.15) is 11.6 Å². The molecule has 3 aromatic carbocycles. The lowest BCUT2D eigenvalue weighted by Crippen LogP contribution is -2.16. The summed E-state index contributed by atoms with van der Waals surface area (Å²) in [6, 6.07) is 15.9. The second kappa shape index (κ2) is 10.8. The predicted octanol–water partition coefficient (Wildman–Crippen LogP) is 7.07. The summed E-state index contributed by atoms with van der Waals surface area (Å²) in [5.74, 6) is -0.794. The van der Waals surface area contributed by atoms with E-state index in [2.05, 4.69) is 35.5 Å². The zero-order valence-corrected chi connectivity index (χ0v) is 19.4. The maximum absolute atomic E-state index is 14.0. The van der Waals surface area contributed by atoms with Crippen LogP contribution in [-0.2, 0) is 0 Å². The van der Waals surface area contributed by atoms with Crippen LogP contribution in [0.15, 0.2) is 71.8 Å². The average molecular weight is 537 g/mol. The Morgan fingerprint density at radius 1 is 0.861 bits per heavy atom. The van der Waals surface area contributed by atoms with Gasteiger partial charge in [0.25, 0.3) is 0 Å². The summed E-state index contributed by atoms with van der Waals surface area (Å²) in [6.45, 7) is 0. The van der Waals surface area contributed by atoms with E-state index in [9.17, 15) is 17.6 Å². The number of benzene rings is 3. The highest BCUT2D eigenvalue weighted by Gasteiger charge is 2.31. The second-order valence-electron chi connectivity index (χ2n) is 7.02. The van der Waals surface area contributed by atoms with Crippen molar-refractivity contribution < 1.29 is 22.3 Å². The van der Waals surface area contributed by atoms with Crippen LogP contribution in [0.25, 0.3) is 11.4 Å². The van der Waals surface area contributed by atoms with Gasteiger partial charge in [0.15, 0.2) is 5.82 Å². The maximum atomic E-state index is 14.0. The van der Waals surface area contributed by atoms with E-state index in [4.69, 9.17) is 23.2 Å². The predicted molar refractivity (Wildman–Crippen MR) is 129 cm³/mol. The Hall–Kier alpha value is -3.96. The number of nitrogens with zero attached hydrogens (tertiary/aromatic N) is 4. The Bertz CT molecular complexity index is 1360. The first-order valence-electron chi connectivity index (χ1n) is 10.0. The number of halogens is 6. The summed E-state index contributed by atoms with van der Waals surface area (Å²) >= 11 is 11.9. The van der Waals surface area contributed by atoms with Crippen LogP contribution < -0.4 is 15.5 Å². The van der Waals surface area contributed by atoms with E-state index in [-0.39, 0.29) is 28.3 Å². The molecule has 4 rings (SSSR count). The van der Waals surface area contributed by atoms with Crippen LogP contribution in [0.2, 0.25) is 10.0 Å². The molecule has 13 heteroatoms. The first-order chi connectivity index (χ1) is 17.2. The molecule has 4 aromatic rings. The van der Waals surface area contributed by atoms with E-state index in [0.29, 0.717) is 16.3 Å². The van der Waals surface area contributed by atoms with Gasteiger partial charge in [0, 0.05) is 21.8 Å². The van der Waals surface area contributed by atoms with Gasteiger partial charge in [-0.2, -0.15) is 20.1 Å². The second-order valence-corrected chi connectivity index (χ2v) is 7.86. The van der Waals surface area contributed by atoms with Crippen LogP contribution in [0.1, 0.15) is 5.56 Å². The highest BCUT2D eigenvalue weighted by molar-refractivity contribution is 6.33. The minimum Gasteiger partial charge on any atom is -0.406 e. The molecule has 36 heavy (non-hydrogen) atoms. The summed E-state index contributed by atoms with van der Waals surface area (Å²) in [4.78, 5) is 12.8. The zero-order chi connectivity index (χ0) is 25.7. The van der Waals surface area contributed by atoms with E-state index in [1.165, 1.54) is 30.3 Å². The molecule has 1 heterocycles. The number of hydrogen-bond donors (Lipinski definition) is 2. The Balaban J connectivity index is 1.64. The Morgan fingerprint density at radius 3 is 2.22 bits per heavy atom. The van der Waals surface area contributed by atoms with Crippen molar-refractivity contribution in [1.82, 2.24) is 15.0 Å². The zero-order valence-electron chi connectivity index (χ0n) is 17.9. The molecule has 0 saturated heterocycles. The molecule has 7 nitrogen and oxygen atoms in total. The Kier molecular flexibility index (Phi) is 7.51. The van der Waals surface area contributed by atoms with Crippen molar-refractivity contribution in [1.29, 1.82) is 0 Å². The fourth-order valence-corrected chi connectivity index (χ4v) is 3.21. The number of rotatable bonds is 7. The largest absolute Gasteiger partial charge is 0.573 e. The molecule has 0 aliphatic rings. The summed E-state index contributed by atoms with van der Waals surface area (Å²) in [6.07, 6.45) is -3.66. The molecule has 0 radical (unpaired) electrons. The van der Waals surface area contributed by atoms with E-state index >= 15 is 0 Å². The first-order valence-corrected chi connectivity index (χ1v) is 10.8. The third kappa shape index (κ3) is 6.80. The average Bonchev–Trinajstić information content (AvgIpc) is 2.82. The number of hydrogen-bond acceptors (Lipinski definition) is 7. The molecule has 0 amide bonds. The number of nitrogens with one attached hydrogen (secondary N) is 2. The monoisotopic (exact) mass is 536 g/mol. The molecule has 0 spiro atoms. The topological polar surface area (TPSA) is 84.3 Å². The smallest absolute Gasteiger partial charge is 0.406 e. The minimum absolute atomic E-state index is 0.0317. The SMILES string of the molecule is Fc1cccc(Cl)c1C=NNc1nc(Nc2ccc(Cl)cc2)nc(-c2ccc(OC(F)(F)F)cc2)n1. The molecule has 0 atom stereocenters. The van der Waals surface area contributed by atoms with Gasteiger partial charge in [-0.05, 0) is 60.7 Å². The fraction of sp³-hybridized carbons (Fsp3) is 0.0435. The van der Waals surface area contributed by atoms with Gasteiger partial charge in [0.2, 0.25) is 11.9 Å². The summed E-state index contributed by atoms with van der Waals surface area (Å²) in [7, 11) is 0. The molecule has 0 aliphatic carbocycles. The molecule has 2 N–H and O–H groups in total. The van der Waals surface area contributed by atoms with Crippen LogP contribution in [0.5, 0.6) is 5.75 Å². The normalized spacial score (nSPS) is 11.5. The van der Waals surface area contributed by atoms with Crippen LogP contribution >= 0.6 is 23.2 Å². The van der Waals surface area contributed by atoms with Gasteiger partial charge in [-0.25, -0.2) is 9.82 Å². The molecule has 0 aliphatic heterocycles. The van der Waals surface area contributed by atoms with Gasteiger partial charge < -0.3 is 10.1 Å². The van der Waals surface area contributed by atoms with Crippen LogP contribution in [0, 0.1) is 5.82 Å². The fourth-order valence-electron chi connectivity index (χ4n) is 2.87. The number of aromatic nitrogens is 3. The number of ether oxygens (including phenoxy) is 1. The van der Waals surface area contributed by atoms with Crippen LogP contribution in [-0.4, -0.2) is 27.5 Å². The molecule has 0 fully saturated rings. The van der Waals surface area contributed by atoms with E-state index in [0.717, 1.165) is 18.3 Å². The van der Waals surface area contributed by atoms with Gasteiger partial charge in [-0.15, -0.1) is 13.2 Å². The molecule has 0 bridgehead atoms. The molecular formula is C23H14Cl2F4N6O. The van der Waals surface area contributed by atoms with Crippen molar-refractivity contribution in [2.75, 3.05) is 10.7 Å². The highest BCUT2D eigenvalue weighted by Crippen LogP contribution is 2.26. The van der Waals surface area contributed by atoms with Crippen molar-refractivity contribution in [3.63, 3.8) is 0 Å². The number of hydrazone groups is 1. The lowest BCUT2D eigenvalue weighted by atomic mass is 10.2. The van der Waals surface area contributed by atoms with Crippen LogP contribution in [0.4, 0.5) is 35.1 Å². The quantitative estimate of drug-likeness (QED) is 0.149. The number of alkyl halides is 3. The minimum atomic E-state index is -4.82. The molecule has 1 aromatic heterocycles. The van der Waals surface area contributed by atoms with Crippen molar-refractivity contribution in [2.45, 2.75) is 6.36 Å². The highest BCUT2D eigenvalue weighted by atomic mass is 35.5. The van der Waals surface area contributed by atoms with E-state index in [1.807, 2.05) is 0 Å². The lowest BCUT2D eigenvalue weighted by molar-refractivity contribution is -0.274. The van der Waals surface area contributed by atoms with Gasteiger partial charge in [0.05, 0.1) is 11.2 Å². The van der Waals surface area contributed by atoms with Crippen molar-refractivity contribution in [3.05, 3.63) is 88.2 Å². The molecule has 0 unspecified atom stereocenters. The van der Waals surface area contributed by atoms with Gasteiger partial charge in [-0.3, -0.25) is 0 Å². The Labute approximate surface area is 211 Å². The van der Waals surface area contributed by atoms with Crippen molar-refractivity contribution in [2.24, 2.45) is 5.10 Å².